The topological polar surface area (TPSA) is 60.9 Å². The van der Waals surface area contributed by atoms with Crippen LogP contribution < -0.4 is 0 Å². The molecule has 2 aliphatic heterocycles. The van der Waals surface area contributed by atoms with Crippen molar-refractivity contribution in [1.82, 2.24) is 9.80 Å². The molecule has 3 atom stereocenters. The lowest BCUT2D eigenvalue weighted by molar-refractivity contribution is -0.169. The molecule has 0 aromatic carbocycles. The number of amides is 2. The van der Waals surface area contributed by atoms with Gasteiger partial charge in [0.05, 0.1) is 18.1 Å². The zero-order valence-electron chi connectivity index (χ0n) is 14.7. The Bertz CT molecular complexity index is 498. The number of aliphatic hydroxyl groups is 1. The lowest BCUT2D eigenvalue weighted by Crippen LogP contribution is -2.60. The SMILES string of the molecule is CC12CC[C@H](C(=O)N(CC(O)CN3CCCCC3)C1=O)C2(C)C. The van der Waals surface area contributed by atoms with Crippen molar-refractivity contribution in [3.63, 3.8) is 0 Å². The molecule has 0 radical (unpaired) electrons. The second kappa shape index (κ2) is 5.85. The van der Waals surface area contributed by atoms with Gasteiger partial charge in [-0.25, -0.2) is 0 Å². The van der Waals surface area contributed by atoms with E-state index in [-0.39, 0.29) is 29.7 Å². The van der Waals surface area contributed by atoms with Gasteiger partial charge in [-0.05, 0) is 44.2 Å². The Morgan fingerprint density at radius 2 is 1.78 bits per heavy atom. The summed E-state index contributed by atoms with van der Waals surface area (Å²) in [6, 6.07) is 0. The molecule has 130 valence electrons. The molecule has 3 rings (SSSR count). The van der Waals surface area contributed by atoms with Crippen molar-refractivity contribution in [2.24, 2.45) is 16.7 Å². The van der Waals surface area contributed by atoms with E-state index in [1.807, 2.05) is 20.8 Å². The molecule has 5 nitrogen and oxygen atoms in total. The zero-order chi connectivity index (χ0) is 16.8. The monoisotopic (exact) mass is 322 g/mol. The van der Waals surface area contributed by atoms with E-state index in [9.17, 15) is 14.7 Å². The number of likely N-dealkylation sites (tertiary alicyclic amines) is 2. The minimum Gasteiger partial charge on any atom is -0.390 e. The number of aliphatic hydroxyl groups excluding tert-OH is 1. The molecule has 23 heavy (non-hydrogen) atoms. The number of fused-ring (bicyclic) bond motifs is 2. The van der Waals surface area contributed by atoms with Crippen LogP contribution in [-0.2, 0) is 9.59 Å². The van der Waals surface area contributed by atoms with E-state index in [0.717, 1.165) is 25.9 Å². The number of imide groups is 1. The number of piperidine rings is 2. The summed E-state index contributed by atoms with van der Waals surface area (Å²) in [4.78, 5) is 29.3. The van der Waals surface area contributed by atoms with Gasteiger partial charge >= 0.3 is 0 Å². The van der Waals surface area contributed by atoms with Crippen LogP contribution in [0.25, 0.3) is 0 Å². The van der Waals surface area contributed by atoms with Gasteiger partial charge in [0, 0.05) is 12.5 Å². The molecule has 1 saturated carbocycles. The smallest absolute Gasteiger partial charge is 0.235 e. The molecule has 2 amide bonds. The number of carbonyl (C=O) groups is 2. The second-order valence-corrected chi connectivity index (χ2v) is 8.41. The number of carbonyl (C=O) groups excluding carboxylic acids is 2. The van der Waals surface area contributed by atoms with Crippen LogP contribution in [0.15, 0.2) is 0 Å². The Labute approximate surface area is 139 Å². The average Bonchev–Trinajstić information content (AvgIpc) is 2.70. The number of rotatable bonds is 4. The summed E-state index contributed by atoms with van der Waals surface area (Å²) in [5.74, 6) is -0.251. The highest BCUT2D eigenvalue weighted by Gasteiger charge is 2.64. The number of β-amino-alcohol motifs (C(OH)–C–C–N with tert-alkyl or cyclic N) is 1. The molecular weight excluding hydrogens is 292 g/mol. The fraction of sp³-hybridized carbons (Fsp3) is 0.889. The van der Waals surface area contributed by atoms with E-state index in [1.165, 1.54) is 24.2 Å². The van der Waals surface area contributed by atoms with Gasteiger partial charge in [0.15, 0.2) is 0 Å². The first-order valence-corrected chi connectivity index (χ1v) is 9.03. The highest BCUT2D eigenvalue weighted by atomic mass is 16.3. The van der Waals surface area contributed by atoms with Crippen molar-refractivity contribution in [3.8, 4) is 0 Å². The number of hydrogen-bond donors (Lipinski definition) is 1. The first-order valence-electron chi connectivity index (χ1n) is 9.03. The Morgan fingerprint density at radius 3 is 2.43 bits per heavy atom. The minimum atomic E-state index is -0.648. The lowest BCUT2D eigenvalue weighted by atomic mass is 9.62. The van der Waals surface area contributed by atoms with Crippen molar-refractivity contribution in [3.05, 3.63) is 0 Å². The summed E-state index contributed by atoms with van der Waals surface area (Å²) in [7, 11) is 0. The summed E-state index contributed by atoms with van der Waals surface area (Å²) in [6.07, 6.45) is 4.50. The van der Waals surface area contributed by atoms with Crippen LogP contribution in [-0.4, -0.2) is 59.0 Å². The van der Waals surface area contributed by atoms with Crippen LogP contribution >= 0.6 is 0 Å². The van der Waals surface area contributed by atoms with Crippen LogP contribution in [0.2, 0.25) is 0 Å². The Hall–Kier alpha value is -0.940. The van der Waals surface area contributed by atoms with Crippen molar-refractivity contribution in [2.75, 3.05) is 26.2 Å². The molecule has 2 saturated heterocycles. The third kappa shape index (κ3) is 2.62. The molecule has 3 fully saturated rings. The molecular formula is C18H30N2O3. The van der Waals surface area contributed by atoms with Gasteiger partial charge in [-0.15, -0.1) is 0 Å². The predicted octanol–water partition coefficient (Wildman–Crippen LogP) is 1.64. The quantitative estimate of drug-likeness (QED) is 0.800. The fourth-order valence-corrected chi connectivity index (χ4v) is 4.78. The standard InChI is InChI=1S/C18H30N2O3/c1-17(2)14-7-8-18(17,3)16(23)20(15(14)22)12-13(21)11-19-9-5-4-6-10-19/h13-14,21H,4-12H2,1-3H3/t13?,14-,18?/m1/s1. The molecule has 3 aliphatic rings. The largest absolute Gasteiger partial charge is 0.390 e. The van der Waals surface area contributed by atoms with Crippen molar-refractivity contribution >= 4 is 11.8 Å². The second-order valence-electron chi connectivity index (χ2n) is 8.41. The molecule has 2 heterocycles. The maximum atomic E-state index is 12.9. The molecule has 0 aromatic rings. The summed E-state index contributed by atoms with van der Waals surface area (Å²) >= 11 is 0. The first-order chi connectivity index (χ1) is 10.8. The molecule has 5 heteroatoms. The fourth-order valence-electron chi connectivity index (χ4n) is 4.78. The van der Waals surface area contributed by atoms with Crippen molar-refractivity contribution in [2.45, 2.75) is 59.0 Å². The maximum Gasteiger partial charge on any atom is 0.235 e. The van der Waals surface area contributed by atoms with Crippen LogP contribution in [0.1, 0.15) is 52.9 Å². The van der Waals surface area contributed by atoms with Gasteiger partial charge in [-0.2, -0.15) is 0 Å². The van der Waals surface area contributed by atoms with Crippen LogP contribution in [0.3, 0.4) is 0 Å². The molecule has 1 aliphatic carbocycles. The van der Waals surface area contributed by atoms with E-state index in [0.29, 0.717) is 6.54 Å². The molecule has 0 aromatic heterocycles. The highest BCUT2D eigenvalue weighted by molar-refractivity contribution is 6.03. The average molecular weight is 322 g/mol. The van der Waals surface area contributed by atoms with Crippen LogP contribution in [0.4, 0.5) is 0 Å². The summed E-state index contributed by atoms with van der Waals surface area (Å²) in [6.45, 7) is 8.80. The maximum absolute atomic E-state index is 12.9. The Morgan fingerprint density at radius 1 is 1.13 bits per heavy atom. The predicted molar refractivity (Wildman–Crippen MR) is 87.6 cm³/mol. The third-order valence-corrected chi connectivity index (χ3v) is 6.82. The van der Waals surface area contributed by atoms with Gasteiger partial charge in [-0.1, -0.05) is 27.2 Å². The summed E-state index contributed by atoms with van der Waals surface area (Å²) < 4.78 is 0. The Balaban J connectivity index is 1.68. The molecule has 1 N–H and O–H groups in total. The normalized spacial score (nSPS) is 35.7. The number of hydrogen-bond acceptors (Lipinski definition) is 4. The van der Waals surface area contributed by atoms with E-state index >= 15 is 0 Å². The van der Waals surface area contributed by atoms with Gasteiger partial charge < -0.3 is 10.0 Å². The van der Waals surface area contributed by atoms with E-state index in [4.69, 9.17) is 0 Å². The van der Waals surface area contributed by atoms with Crippen LogP contribution in [0.5, 0.6) is 0 Å². The van der Waals surface area contributed by atoms with E-state index in [1.54, 1.807) is 0 Å². The first kappa shape index (κ1) is 16.9. The van der Waals surface area contributed by atoms with Crippen LogP contribution in [0, 0.1) is 16.7 Å². The van der Waals surface area contributed by atoms with Crippen molar-refractivity contribution < 1.29 is 14.7 Å². The molecule has 2 unspecified atom stereocenters. The molecule has 2 bridgehead atoms. The van der Waals surface area contributed by atoms with Gasteiger partial charge in [0.1, 0.15) is 0 Å². The van der Waals surface area contributed by atoms with Gasteiger partial charge in [-0.3, -0.25) is 14.5 Å². The lowest BCUT2D eigenvalue weighted by Gasteiger charge is -2.48. The Kier molecular flexibility index (Phi) is 4.30. The van der Waals surface area contributed by atoms with Gasteiger partial charge in [0.2, 0.25) is 11.8 Å². The summed E-state index contributed by atoms with van der Waals surface area (Å²) in [5.41, 5.74) is -0.758. The van der Waals surface area contributed by atoms with Gasteiger partial charge in [0.25, 0.3) is 0 Å². The van der Waals surface area contributed by atoms with E-state index < -0.39 is 11.5 Å². The molecule has 0 spiro atoms. The minimum absolute atomic E-state index is 0.0762. The highest BCUT2D eigenvalue weighted by Crippen LogP contribution is 2.59. The zero-order valence-corrected chi connectivity index (χ0v) is 14.7. The third-order valence-electron chi connectivity index (χ3n) is 6.82. The van der Waals surface area contributed by atoms with Crippen molar-refractivity contribution in [1.29, 1.82) is 0 Å². The number of nitrogens with zero attached hydrogens (tertiary/aromatic N) is 2. The summed E-state index contributed by atoms with van der Waals surface area (Å²) in [5, 5.41) is 10.4. The van der Waals surface area contributed by atoms with E-state index in [2.05, 4.69) is 4.90 Å².